The summed E-state index contributed by atoms with van der Waals surface area (Å²) in [5.41, 5.74) is 0. The molecule has 0 spiro atoms. The van der Waals surface area contributed by atoms with E-state index in [1.54, 1.807) is 0 Å². The van der Waals surface area contributed by atoms with Gasteiger partial charge in [-0.1, -0.05) is 13.8 Å². The third kappa shape index (κ3) is 4.34. The molecule has 17 heavy (non-hydrogen) atoms. The number of likely N-dealkylation sites (N-methyl/N-ethyl adjacent to an activating group) is 1. The van der Waals surface area contributed by atoms with Gasteiger partial charge in [-0.05, 0) is 25.8 Å². The molecule has 2 N–H and O–H groups in total. The highest BCUT2D eigenvalue weighted by atomic mass is 16.4. The molecule has 1 fully saturated rings. The van der Waals surface area contributed by atoms with Crippen LogP contribution in [0.25, 0.3) is 0 Å². The Bertz CT molecular complexity index is 275. The highest BCUT2D eigenvalue weighted by Crippen LogP contribution is 2.25. The maximum Gasteiger partial charge on any atom is 0.317 e. The van der Waals surface area contributed by atoms with Crippen LogP contribution in [-0.4, -0.2) is 47.1 Å². The maximum absolute atomic E-state index is 11.4. The third-order valence-corrected chi connectivity index (χ3v) is 3.22. The van der Waals surface area contributed by atoms with Crippen molar-refractivity contribution in [1.82, 2.24) is 10.2 Å². The van der Waals surface area contributed by atoms with Gasteiger partial charge in [0, 0.05) is 18.5 Å². The summed E-state index contributed by atoms with van der Waals surface area (Å²) in [6, 6.07) is 0.546. The zero-order chi connectivity index (χ0) is 12.8. The number of hydrogen-bond donors (Lipinski definition) is 2. The molecule has 0 unspecified atom stereocenters. The van der Waals surface area contributed by atoms with Crippen molar-refractivity contribution in [3.8, 4) is 0 Å². The fraction of sp³-hybridized carbons (Fsp3) is 0.833. The number of hydrogen-bond acceptors (Lipinski definition) is 3. The molecule has 1 aliphatic rings. The second kappa shape index (κ2) is 6.59. The SMILES string of the molecule is CCCC(=O)NC1CC(N(CC)CC(=O)O)C1. The van der Waals surface area contributed by atoms with Gasteiger partial charge in [0.1, 0.15) is 0 Å². The fourth-order valence-corrected chi connectivity index (χ4v) is 2.20. The molecule has 0 aromatic carbocycles. The summed E-state index contributed by atoms with van der Waals surface area (Å²) in [6.07, 6.45) is 3.18. The summed E-state index contributed by atoms with van der Waals surface area (Å²) < 4.78 is 0. The second-order valence-corrected chi connectivity index (χ2v) is 4.60. The van der Waals surface area contributed by atoms with Gasteiger partial charge < -0.3 is 10.4 Å². The van der Waals surface area contributed by atoms with E-state index in [1.165, 1.54) is 0 Å². The van der Waals surface area contributed by atoms with Crippen molar-refractivity contribution in [2.75, 3.05) is 13.1 Å². The van der Waals surface area contributed by atoms with E-state index in [4.69, 9.17) is 5.11 Å². The standard InChI is InChI=1S/C12H22N2O3/c1-3-5-11(15)13-9-6-10(7-9)14(4-2)8-12(16)17/h9-10H,3-8H2,1-2H3,(H,13,15)(H,16,17). The van der Waals surface area contributed by atoms with Gasteiger partial charge in [0.15, 0.2) is 0 Å². The van der Waals surface area contributed by atoms with Gasteiger partial charge in [0.05, 0.1) is 6.54 Å². The molecule has 1 aliphatic carbocycles. The molecule has 0 aromatic rings. The highest BCUT2D eigenvalue weighted by Gasteiger charge is 2.34. The van der Waals surface area contributed by atoms with E-state index in [-0.39, 0.29) is 18.5 Å². The first-order chi connectivity index (χ1) is 8.06. The van der Waals surface area contributed by atoms with E-state index in [1.807, 2.05) is 18.7 Å². The van der Waals surface area contributed by atoms with Gasteiger partial charge in [0.2, 0.25) is 5.91 Å². The minimum absolute atomic E-state index is 0.0940. The molecular weight excluding hydrogens is 220 g/mol. The maximum atomic E-state index is 11.4. The summed E-state index contributed by atoms with van der Waals surface area (Å²) in [4.78, 5) is 23.9. The topological polar surface area (TPSA) is 69.6 Å². The number of carboxylic acid groups (broad SMARTS) is 1. The van der Waals surface area contributed by atoms with Gasteiger partial charge in [-0.25, -0.2) is 0 Å². The molecule has 0 atom stereocenters. The highest BCUT2D eigenvalue weighted by molar-refractivity contribution is 5.76. The molecule has 0 saturated heterocycles. The van der Waals surface area contributed by atoms with Crippen LogP contribution in [0.1, 0.15) is 39.5 Å². The molecule has 1 amide bonds. The molecule has 5 nitrogen and oxygen atoms in total. The monoisotopic (exact) mass is 242 g/mol. The number of aliphatic carboxylic acids is 1. The lowest BCUT2D eigenvalue weighted by Crippen LogP contribution is -2.54. The van der Waals surface area contributed by atoms with Crippen molar-refractivity contribution in [3.63, 3.8) is 0 Å². The second-order valence-electron chi connectivity index (χ2n) is 4.60. The van der Waals surface area contributed by atoms with Crippen molar-refractivity contribution in [1.29, 1.82) is 0 Å². The van der Waals surface area contributed by atoms with Crippen molar-refractivity contribution >= 4 is 11.9 Å². The van der Waals surface area contributed by atoms with Crippen LogP contribution in [0, 0.1) is 0 Å². The minimum Gasteiger partial charge on any atom is -0.480 e. The van der Waals surface area contributed by atoms with Gasteiger partial charge in [-0.3, -0.25) is 14.5 Å². The van der Waals surface area contributed by atoms with Gasteiger partial charge >= 0.3 is 5.97 Å². The van der Waals surface area contributed by atoms with E-state index in [9.17, 15) is 9.59 Å². The minimum atomic E-state index is -0.787. The number of carbonyl (C=O) groups excluding carboxylic acids is 1. The Morgan fingerprint density at radius 3 is 2.47 bits per heavy atom. The van der Waals surface area contributed by atoms with Gasteiger partial charge in [0.25, 0.3) is 0 Å². The Kier molecular flexibility index (Phi) is 5.41. The average molecular weight is 242 g/mol. The zero-order valence-corrected chi connectivity index (χ0v) is 10.6. The van der Waals surface area contributed by atoms with E-state index in [0.29, 0.717) is 12.5 Å². The van der Waals surface area contributed by atoms with Crippen LogP contribution in [0.15, 0.2) is 0 Å². The molecule has 0 heterocycles. The van der Waals surface area contributed by atoms with Crippen molar-refractivity contribution < 1.29 is 14.7 Å². The van der Waals surface area contributed by atoms with Crippen molar-refractivity contribution in [2.24, 2.45) is 0 Å². The van der Waals surface area contributed by atoms with Gasteiger partial charge in [-0.15, -0.1) is 0 Å². The van der Waals surface area contributed by atoms with E-state index in [2.05, 4.69) is 5.32 Å². The van der Waals surface area contributed by atoms with E-state index >= 15 is 0 Å². The van der Waals surface area contributed by atoms with Crippen molar-refractivity contribution in [2.45, 2.75) is 51.6 Å². The van der Waals surface area contributed by atoms with Crippen LogP contribution in [-0.2, 0) is 9.59 Å². The summed E-state index contributed by atoms with van der Waals surface area (Å²) in [7, 11) is 0. The molecular formula is C12H22N2O3. The molecule has 5 heteroatoms. The fourth-order valence-electron chi connectivity index (χ4n) is 2.20. The number of nitrogens with zero attached hydrogens (tertiary/aromatic N) is 1. The lowest BCUT2D eigenvalue weighted by Gasteiger charge is -2.42. The average Bonchev–Trinajstić information content (AvgIpc) is 2.20. The first kappa shape index (κ1) is 14.0. The predicted molar refractivity (Wildman–Crippen MR) is 64.7 cm³/mol. The third-order valence-electron chi connectivity index (χ3n) is 3.22. The first-order valence-corrected chi connectivity index (χ1v) is 6.32. The summed E-state index contributed by atoms with van der Waals surface area (Å²) >= 11 is 0. The molecule has 98 valence electrons. The Balaban J connectivity index is 2.25. The predicted octanol–water partition coefficient (Wildman–Crippen LogP) is 0.840. The molecule has 1 saturated carbocycles. The lowest BCUT2D eigenvalue weighted by atomic mass is 9.85. The molecule has 0 aliphatic heterocycles. The van der Waals surface area contributed by atoms with E-state index in [0.717, 1.165) is 25.8 Å². The molecule has 1 rings (SSSR count). The Morgan fingerprint density at radius 1 is 1.35 bits per heavy atom. The smallest absolute Gasteiger partial charge is 0.317 e. The van der Waals surface area contributed by atoms with Crippen LogP contribution in [0.2, 0.25) is 0 Å². The lowest BCUT2D eigenvalue weighted by molar-refractivity contribution is -0.139. The number of amides is 1. The number of nitrogens with one attached hydrogen (secondary N) is 1. The van der Waals surface area contributed by atoms with Crippen LogP contribution in [0.5, 0.6) is 0 Å². The number of carbonyl (C=O) groups is 2. The Morgan fingerprint density at radius 2 is 2.00 bits per heavy atom. The summed E-state index contributed by atoms with van der Waals surface area (Å²) in [5, 5.41) is 11.7. The van der Waals surface area contributed by atoms with E-state index < -0.39 is 5.97 Å². The largest absolute Gasteiger partial charge is 0.480 e. The first-order valence-electron chi connectivity index (χ1n) is 6.32. The number of carboxylic acids is 1. The van der Waals surface area contributed by atoms with Crippen LogP contribution in [0.4, 0.5) is 0 Å². The summed E-state index contributed by atoms with van der Waals surface area (Å²) in [5.74, 6) is -0.678. The van der Waals surface area contributed by atoms with Crippen LogP contribution in [0.3, 0.4) is 0 Å². The van der Waals surface area contributed by atoms with Gasteiger partial charge in [-0.2, -0.15) is 0 Å². The zero-order valence-electron chi connectivity index (χ0n) is 10.6. The van der Waals surface area contributed by atoms with Crippen molar-refractivity contribution in [3.05, 3.63) is 0 Å². The number of rotatable bonds is 7. The molecule has 0 aromatic heterocycles. The molecule has 0 radical (unpaired) electrons. The van der Waals surface area contributed by atoms with Crippen LogP contribution >= 0.6 is 0 Å². The Labute approximate surface area is 102 Å². The van der Waals surface area contributed by atoms with Crippen LogP contribution < -0.4 is 5.32 Å². The summed E-state index contributed by atoms with van der Waals surface area (Å²) in [6.45, 7) is 4.78. The quantitative estimate of drug-likeness (QED) is 0.694. The Hall–Kier alpha value is -1.10. The normalized spacial score (nSPS) is 23.2. The molecule has 0 bridgehead atoms.